The summed E-state index contributed by atoms with van der Waals surface area (Å²) >= 11 is 0. The first-order valence-corrected chi connectivity index (χ1v) is 9.75. The summed E-state index contributed by atoms with van der Waals surface area (Å²) in [5.74, 6) is 0.370. The molecule has 1 heterocycles. The van der Waals surface area contributed by atoms with Gasteiger partial charge in [-0.1, -0.05) is 24.3 Å². The Bertz CT molecular complexity index is 1100. The molecule has 0 spiro atoms. The van der Waals surface area contributed by atoms with Crippen LogP contribution in [-0.4, -0.2) is 36.6 Å². The minimum absolute atomic E-state index is 0.241. The molecule has 0 bridgehead atoms. The molecule has 1 aromatic heterocycles. The molecular formula is C24H25NO5. The number of hydrogen-bond acceptors (Lipinski definition) is 5. The van der Waals surface area contributed by atoms with E-state index in [1.807, 2.05) is 38.1 Å². The molecule has 3 rings (SSSR count). The Morgan fingerprint density at radius 2 is 1.90 bits per heavy atom. The lowest BCUT2D eigenvalue weighted by Crippen LogP contribution is -2.24. The fourth-order valence-corrected chi connectivity index (χ4v) is 3.29. The second-order valence-electron chi connectivity index (χ2n) is 6.79. The molecular weight excluding hydrogens is 382 g/mol. The van der Waals surface area contributed by atoms with Gasteiger partial charge in [-0.2, -0.15) is 0 Å². The summed E-state index contributed by atoms with van der Waals surface area (Å²) in [4.78, 5) is 28.3. The molecule has 1 N–H and O–H groups in total. The van der Waals surface area contributed by atoms with Crippen LogP contribution in [0.15, 0.2) is 48.5 Å². The largest absolute Gasteiger partial charge is 0.493 e. The van der Waals surface area contributed by atoms with E-state index in [2.05, 4.69) is 4.98 Å². The third-order valence-corrected chi connectivity index (χ3v) is 4.70. The Hall–Kier alpha value is -3.54. The van der Waals surface area contributed by atoms with Crippen LogP contribution in [0, 0.1) is 6.92 Å². The first kappa shape index (κ1) is 21.2. The van der Waals surface area contributed by atoms with Gasteiger partial charge in [-0.15, -0.1) is 0 Å². The topological polar surface area (TPSA) is 77.6 Å². The van der Waals surface area contributed by atoms with E-state index in [4.69, 9.17) is 14.2 Å². The number of para-hydroxylation sites is 1. The minimum Gasteiger partial charge on any atom is -0.493 e. The van der Waals surface area contributed by atoms with E-state index in [-0.39, 0.29) is 5.78 Å². The molecule has 0 unspecified atom stereocenters. The molecule has 6 heteroatoms. The number of fused-ring (bicyclic) bond motifs is 1. The van der Waals surface area contributed by atoms with E-state index in [1.54, 1.807) is 38.3 Å². The summed E-state index contributed by atoms with van der Waals surface area (Å²) in [5, 5.41) is 0.819. The van der Waals surface area contributed by atoms with Crippen molar-refractivity contribution in [3.05, 3.63) is 65.4 Å². The summed E-state index contributed by atoms with van der Waals surface area (Å²) in [6, 6.07) is 12.9. The van der Waals surface area contributed by atoms with E-state index < -0.39 is 12.1 Å². The van der Waals surface area contributed by atoms with Crippen LogP contribution >= 0.6 is 0 Å². The maximum Gasteiger partial charge on any atom is 0.331 e. The van der Waals surface area contributed by atoms with E-state index in [0.29, 0.717) is 23.7 Å². The van der Waals surface area contributed by atoms with Crippen LogP contribution in [-0.2, 0) is 9.53 Å². The monoisotopic (exact) mass is 407 g/mol. The number of rotatable bonds is 8. The quantitative estimate of drug-likeness (QED) is 0.332. The normalized spacial score (nSPS) is 12.1. The van der Waals surface area contributed by atoms with Gasteiger partial charge in [0.2, 0.25) is 5.78 Å². The van der Waals surface area contributed by atoms with Gasteiger partial charge in [0.1, 0.15) is 0 Å². The highest BCUT2D eigenvalue weighted by Gasteiger charge is 2.23. The zero-order chi connectivity index (χ0) is 21.7. The number of carbonyl (C=O) groups excluding carboxylic acids is 2. The molecule has 1 atom stereocenters. The van der Waals surface area contributed by atoms with Crippen LogP contribution in [0.1, 0.15) is 35.5 Å². The second-order valence-corrected chi connectivity index (χ2v) is 6.79. The van der Waals surface area contributed by atoms with Crippen molar-refractivity contribution in [2.45, 2.75) is 26.9 Å². The first-order chi connectivity index (χ1) is 14.4. The van der Waals surface area contributed by atoms with Gasteiger partial charge < -0.3 is 19.2 Å². The minimum atomic E-state index is -0.907. The number of aromatic nitrogens is 1. The number of hydrogen-bond donors (Lipinski definition) is 1. The Morgan fingerprint density at radius 3 is 2.63 bits per heavy atom. The zero-order valence-corrected chi connectivity index (χ0v) is 17.5. The molecule has 6 nitrogen and oxygen atoms in total. The number of ether oxygens (including phenoxy) is 3. The molecule has 0 amide bonds. The molecule has 3 aromatic rings. The lowest BCUT2D eigenvalue weighted by atomic mass is 10.0. The highest BCUT2D eigenvalue weighted by molar-refractivity contribution is 6.11. The van der Waals surface area contributed by atoms with Crippen molar-refractivity contribution in [3.63, 3.8) is 0 Å². The van der Waals surface area contributed by atoms with Crippen LogP contribution in [0.25, 0.3) is 17.0 Å². The first-order valence-electron chi connectivity index (χ1n) is 9.75. The number of benzene rings is 2. The maximum atomic E-state index is 12.9. The number of aromatic amines is 1. The number of aryl methyl sites for hydroxylation is 1. The molecule has 0 saturated heterocycles. The fraction of sp³-hybridized carbons (Fsp3) is 0.250. The van der Waals surface area contributed by atoms with Crippen molar-refractivity contribution in [2.24, 2.45) is 0 Å². The molecule has 0 saturated carbocycles. The van der Waals surface area contributed by atoms with Crippen LogP contribution in [0.4, 0.5) is 0 Å². The summed E-state index contributed by atoms with van der Waals surface area (Å²) < 4.78 is 16.1. The lowest BCUT2D eigenvalue weighted by Gasteiger charge is -2.11. The predicted molar refractivity (Wildman–Crippen MR) is 116 cm³/mol. The van der Waals surface area contributed by atoms with E-state index in [9.17, 15) is 9.59 Å². The summed E-state index contributed by atoms with van der Waals surface area (Å²) in [7, 11) is 1.56. The van der Waals surface area contributed by atoms with Crippen molar-refractivity contribution in [2.75, 3.05) is 13.7 Å². The summed E-state index contributed by atoms with van der Waals surface area (Å²) in [6.07, 6.45) is 1.99. The van der Waals surface area contributed by atoms with Crippen LogP contribution < -0.4 is 9.47 Å². The predicted octanol–water partition coefficient (Wildman–Crippen LogP) is 4.71. The van der Waals surface area contributed by atoms with Crippen LogP contribution in [0.3, 0.4) is 0 Å². The Morgan fingerprint density at radius 1 is 1.13 bits per heavy atom. The number of esters is 1. The molecule has 30 heavy (non-hydrogen) atoms. The molecule has 0 aliphatic rings. The number of carbonyl (C=O) groups is 2. The second kappa shape index (κ2) is 9.31. The Balaban J connectivity index is 1.69. The van der Waals surface area contributed by atoms with Crippen molar-refractivity contribution in [3.8, 4) is 11.5 Å². The number of H-pyrrole nitrogens is 1. The van der Waals surface area contributed by atoms with Crippen molar-refractivity contribution in [1.29, 1.82) is 0 Å². The van der Waals surface area contributed by atoms with Crippen LogP contribution in [0.5, 0.6) is 11.5 Å². The van der Waals surface area contributed by atoms with Crippen molar-refractivity contribution >= 4 is 28.7 Å². The highest BCUT2D eigenvalue weighted by Crippen LogP contribution is 2.28. The molecule has 0 fully saturated rings. The average molecular weight is 407 g/mol. The molecule has 0 aliphatic carbocycles. The summed E-state index contributed by atoms with van der Waals surface area (Å²) in [5.41, 5.74) is 2.92. The van der Waals surface area contributed by atoms with E-state index in [1.165, 1.54) is 6.08 Å². The molecule has 0 radical (unpaired) electrons. The van der Waals surface area contributed by atoms with Gasteiger partial charge in [0.25, 0.3) is 0 Å². The Labute approximate surface area is 175 Å². The highest BCUT2D eigenvalue weighted by atomic mass is 16.5. The lowest BCUT2D eigenvalue weighted by molar-refractivity contribution is -0.140. The Kier molecular flexibility index (Phi) is 6.57. The van der Waals surface area contributed by atoms with Gasteiger partial charge in [-0.05, 0) is 50.6 Å². The van der Waals surface area contributed by atoms with E-state index >= 15 is 0 Å². The van der Waals surface area contributed by atoms with Gasteiger partial charge in [-0.25, -0.2) is 4.79 Å². The molecule has 156 valence electrons. The van der Waals surface area contributed by atoms with Crippen LogP contribution in [0.2, 0.25) is 0 Å². The molecule has 2 aromatic carbocycles. The van der Waals surface area contributed by atoms with E-state index in [0.717, 1.165) is 22.2 Å². The number of nitrogens with one attached hydrogen (secondary N) is 1. The zero-order valence-electron chi connectivity index (χ0n) is 17.5. The fourth-order valence-electron chi connectivity index (χ4n) is 3.29. The van der Waals surface area contributed by atoms with Gasteiger partial charge in [-0.3, -0.25) is 4.79 Å². The molecule has 0 aliphatic heterocycles. The van der Waals surface area contributed by atoms with Crippen molar-refractivity contribution < 1.29 is 23.8 Å². The number of ketones is 1. The van der Waals surface area contributed by atoms with Gasteiger partial charge in [0.05, 0.1) is 13.7 Å². The smallest absolute Gasteiger partial charge is 0.331 e. The van der Waals surface area contributed by atoms with Crippen molar-refractivity contribution in [1.82, 2.24) is 4.98 Å². The SMILES string of the molecule is CCOc1ccc(/C=C/C(=O)O[C@H](C)C(=O)c2c(C)[nH]c3ccccc23)cc1OC. The number of Topliss-reactive ketones (excluding diaryl/α,β-unsaturated/α-hetero) is 1. The summed E-state index contributed by atoms with van der Waals surface area (Å²) in [6.45, 7) is 5.83. The standard InChI is InChI=1S/C24H25NO5/c1-5-29-20-12-10-17(14-21(20)28-4)11-13-22(26)30-16(3)24(27)23-15(2)25-19-9-7-6-8-18(19)23/h6-14,16,25H,5H2,1-4H3/b13-11+/t16-/m1/s1. The maximum absolute atomic E-state index is 12.9. The third kappa shape index (κ3) is 4.54. The van der Waals surface area contributed by atoms with Gasteiger partial charge >= 0.3 is 5.97 Å². The van der Waals surface area contributed by atoms with Gasteiger partial charge in [0, 0.05) is 28.2 Å². The van der Waals surface area contributed by atoms with Gasteiger partial charge in [0.15, 0.2) is 17.6 Å². The third-order valence-electron chi connectivity index (χ3n) is 4.70. The number of methoxy groups -OCH3 is 1. The average Bonchev–Trinajstić information content (AvgIpc) is 3.08.